The van der Waals surface area contributed by atoms with Crippen molar-refractivity contribution in [1.29, 1.82) is 0 Å². The second-order valence-corrected chi connectivity index (χ2v) is 3.15. The third-order valence-corrected chi connectivity index (χ3v) is 2.32. The summed E-state index contributed by atoms with van der Waals surface area (Å²) in [5.74, 6) is 0. The van der Waals surface area contributed by atoms with E-state index in [1.165, 1.54) is 0 Å². The lowest BCUT2D eigenvalue weighted by molar-refractivity contribution is 0.0537. The van der Waals surface area contributed by atoms with Crippen LogP contribution in [0.3, 0.4) is 0 Å². The predicted molar refractivity (Wildman–Crippen MR) is 44.5 cm³/mol. The van der Waals surface area contributed by atoms with Crippen LogP contribution in [0.25, 0.3) is 0 Å². The van der Waals surface area contributed by atoms with Crippen molar-refractivity contribution in [3.05, 3.63) is 0 Å². The number of hydrogen-bond donors (Lipinski definition) is 1. The van der Waals surface area contributed by atoms with Crippen LogP contribution >= 0.6 is 0 Å². The average molecular weight is 178 g/mol. The van der Waals surface area contributed by atoms with Gasteiger partial charge in [0.05, 0.1) is 6.54 Å². The molecule has 0 amide bonds. The van der Waals surface area contributed by atoms with E-state index in [0.717, 1.165) is 26.1 Å². The Morgan fingerprint density at radius 3 is 2.92 bits per heavy atom. The van der Waals surface area contributed by atoms with Crippen molar-refractivity contribution in [3.8, 4) is 0 Å². The normalized spacial score (nSPS) is 26.5. The number of hydrogen-bond acceptors (Lipinski definition) is 2. The summed E-state index contributed by atoms with van der Waals surface area (Å²) in [7, 11) is 0. The maximum absolute atomic E-state index is 12.1. The van der Waals surface area contributed by atoms with Crippen molar-refractivity contribution in [3.63, 3.8) is 0 Å². The van der Waals surface area contributed by atoms with Crippen molar-refractivity contribution in [1.82, 2.24) is 10.2 Å². The van der Waals surface area contributed by atoms with Crippen LogP contribution in [0, 0.1) is 0 Å². The first-order valence-corrected chi connectivity index (χ1v) is 4.47. The third kappa shape index (κ3) is 2.68. The van der Waals surface area contributed by atoms with Crippen LogP contribution < -0.4 is 5.32 Å². The van der Waals surface area contributed by atoms with Crippen LogP contribution in [0.5, 0.6) is 0 Å². The Bertz CT molecular complexity index is 130. The first kappa shape index (κ1) is 9.86. The van der Waals surface area contributed by atoms with E-state index in [9.17, 15) is 8.78 Å². The number of piperazine rings is 1. The van der Waals surface area contributed by atoms with E-state index >= 15 is 0 Å². The SMILES string of the molecule is CC[C@H]1CNCCN1CC(F)F. The van der Waals surface area contributed by atoms with E-state index in [0.29, 0.717) is 6.04 Å². The molecule has 4 heteroatoms. The molecule has 1 aliphatic heterocycles. The first-order valence-electron chi connectivity index (χ1n) is 4.47. The topological polar surface area (TPSA) is 15.3 Å². The Morgan fingerprint density at radius 2 is 2.33 bits per heavy atom. The van der Waals surface area contributed by atoms with E-state index in [2.05, 4.69) is 5.32 Å². The minimum absolute atomic E-state index is 0.0693. The molecule has 0 aromatic rings. The standard InChI is InChI=1S/C8H16F2N2/c1-2-7-5-11-3-4-12(7)6-8(9)10/h7-8,11H,2-6H2,1H3/t7-/m0/s1. The Morgan fingerprint density at radius 1 is 1.58 bits per heavy atom. The summed E-state index contributed by atoms with van der Waals surface area (Å²) < 4.78 is 24.1. The third-order valence-electron chi connectivity index (χ3n) is 2.32. The van der Waals surface area contributed by atoms with Gasteiger partial charge >= 0.3 is 0 Å². The second kappa shape index (κ2) is 4.72. The molecule has 1 rings (SSSR count). The first-order chi connectivity index (χ1) is 5.74. The van der Waals surface area contributed by atoms with Crippen LogP contribution in [-0.4, -0.2) is 43.5 Å². The highest BCUT2D eigenvalue weighted by molar-refractivity contribution is 4.78. The maximum atomic E-state index is 12.1. The van der Waals surface area contributed by atoms with Crippen molar-refractivity contribution >= 4 is 0 Å². The minimum atomic E-state index is -2.20. The highest BCUT2D eigenvalue weighted by atomic mass is 19.3. The Labute approximate surface area is 71.9 Å². The van der Waals surface area contributed by atoms with E-state index in [-0.39, 0.29) is 6.54 Å². The zero-order chi connectivity index (χ0) is 8.97. The fraction of sp³-hybridized carbons (Fsp3) is 1.00. The molecule has 1 fully saturated rings. The molecule has 0 saturated carbocycles. The molecule has 1 saturated heterocycles. The van der Waals surface area contributed by atoms with Gasteiger partial charge in [-0.2, -0.15) is 0 Å². The minimum Gasteiger partial charge on any atom is -0.314 e. The predicted octanol–water partition coefficient (Wildman–Crippen LogP) is 0.935. The van der Waals surface area contributed by atoms with Gasteiger partial charge in [0, 0.05) is 25.7 Å². The second-order valence-electron chi connectivity index (χ2n) is 3.15. The quantitative estimate of drug-likeness (QED) is 0.691. The van der Waals surface area contributed by atoms with E-state index in [1.54, 1.807) is 0 Å². The molecular weight excluding hydrogens is 162 g/mol. The van der Waals surface area contributed by atoms with Gasteiger partial charge in [0.2, 0.25) is 0 Å². The molecule has 1 heterocycles. The molecule has 0 aromatic heterocycles. The van der Waals surface area contributed by atoms with E-state index in [4.69, 9.17) is 0 Å². The number of halogens is 2. The van der Waals surface area contributed by atoms with Crippen LogP contribution in [-0.2, 0) is 0 Å². The van der Waals surface area contributed by atoms with E-state index in [1.807, 2.05) is 11.8 Å². The molecule has 0 radical (unpaired) electrons. The number of alkyl halides is 2. The summed E-state index contributed by atoms with van der Waals surface area (Å²) in [6.45, 7) is 4.41. The van der Waals surface area contributed by atoms with Gasteiger partial charge in [0.1, 0.15) is 0 Å². The lowest BCUT2D eigenvalue weighted by Crippen LogP contribution is -2.52. The summed E-state index contributed by atoms with van der Waals surface area (Å²) >= 11 is 0. The summed E-state index contributed by atoms with van der Waals surface area (Å²) in [4.78, 5) is 1.88. The van der Waals surface area contributed by atoms with Gasteiger partial charge in [-0.05, 0) is 6.42 Å². The van der Waals surface area contributed by atoms with Gasteiger partial charge in [0.25, 0.3) is 6.43 Å². The fourth-order valence-electron chi connectivity index (χ4n) is 1.62. The Balaban J connectivity index is 2.36. The molecule has 72 valence electrons. The molecule has 0 unspecified atom stereocenters. The van der Waals surface area contributed by atoms with Crippen LogP contribution in [0.1, 0.15) is 13.3 Å². The molecular formula is C8H16F2N2. The Kier molecular flexibility index (Phi) is 3.88. The molecule has 1 aliphatic rings. The summed E-state index contributed by atoms with van der Waals surface area (Å²) in [5.41, 5.74) is 0. The smallest absolute Gasteiger partial charge is 0.251 e. The van der Waals surface area contributed by atoms with Crippen LogP contribution in [0.2, 0.25) is 0 Å². The van der Waals surface area contributed by atoms with Gasteiger partial charge in [-0.1, -0.05) is 6.92 Å². The van der Waals surface area contributed by atoms with Gasteiger partial charge in [-0.3, -0.25) is 4.90 Å². The summed E-state index contributed by atoms with van der Waals surface area (Å²) in [6.07, 6.45) is -1.25. The maximum Gasteiger partial charge on any atom is 0.251 e. The lowest BCUT2D eigenvalue weighted by Gasteiger charge is -2.35. The van der Waals surface area contributed by atoms with E-state index < -0.39 is 6.43 Å². The highest BCUT2D eigenvalue weighted by Gasteiger charge is 2.22. The largest absolute Gasteiger partial charge is 0.314 e. The molecule has 0 spiro atoms. The zero-order valence-electron chi connectivity index (χ0n) is 7.39. The zero-order valence-corrected chi connectivity index (χ0v) is 7.39. The molecule has 12 heavy (non-hydrogen) atoms. The summed E-state index contributed by atoms with van der Waals surface area (Å²) in [6, 6.07) is 0.299. The monoisotopic (exact) mass is 178 g/mol. The van der Waals surface area contributed by atoms with Crippen LogP contribution in [0.15, 0.2) is 0 Å². The van der Waals surface area contributed by atoms with Gasteiger partial charge in [-0.15, -0.1) is 0 Å². The summed E-state index contributed by atoms with van der Waals surface area (Å²) in [5, 5.41) is 3.20. The molecule has 0 aliphatic carbocycles. The average Bonchev–Trinajstić information content (AvgIpc) is 2.04. The van der Waals surface area contributed by atoms with Crippen molar-refractivity contribution in [2.75, 3.05) is 26.2 Å². The van der Waals surface area contributed by atoms with Gasteiger partial charge < -0.3 is 5.32 Å². The molecule has 1 N–H and O–H groups in total. The molecule has 1 atom stereocenters. The molecule has 0 bridgehead atoms. The molecule has 0 aromatic carbocycles. The highest BCUT2D eigenvalue weighted by Crippen LogP contribution is 2.09. The lowest BCUT2D eigenvalue weighted by atomic mass is 10.1. The number of nitrogens with one attached hydrogen (secondary N) is 1. The van der Waals surface area contributed by atoms with Crippen LogP contribution in [0.4, 0.5) is 8.78 Å². The van der Waals surface area contributed by atoms with Gasteiger partial charge in [0.15, 0.2) is 0 Å². The Hall–Kier alpha value is -0.220. The van der Waals surface area contributed by atoms with Crippen molar-refractivity contribution < 1.29 is 8.78 Å². The van der Waals surface area contributed by atoms with Gasteiger partial charge in [-0.25, -0.2) is 8.78 Å². The number of rotatable bonds is 3. The van der Waals surface area contributed by atoms with Crippen molar-refractivity contribution in [2.24, 2.45) is 0 Å². The fourth-order valence-corrected chi connectivity index (χ4v) is 1.62. The van der Waals surface area contributed by atoms with Crippen molar-refractivity contribution in [2.45, 2.75) is 25.8 Å². The number of nitrogens with zero attached hydrogens (tertiary/aromatic N) is 1. The molecule has 2 nitrogen and oxygen atoms in total.